The second-order valence-corrected chi connectivity index (χ2v) is 28.2. The summed E-state index contributed by atoms with van der Waals surface area (Å²) >= 11 is 0. The summed E-state index contributed by atoms with van der Waals surface area (Å²) in [6.45, 7) is 14.8. The fourth-order valence-electron chi connectivity index (χ4n) is 18.3. The van der Waals surface area contributed by atoms with Crippen LogP contribution in [0.15, 0.2) is 11.6 Å². The van der Waals surface area contributed by atoms with Crippen LogP contribution in [0.2, 0.25) is 0 Å². The van der Waals surface area contributed by atoms with Crippen molar-refractivity contribution in [3.63, 3.8) is 0 Å². The van der Waals surface area contributed by atoms with E-state index in [0.717, 1.165) is 44.1 Å². The molecule has 7 aliphatic heterocycles. The molecule has 0 aromatic heterocycles. The summed E-state index contributed by atoms with van der Waals surface area (Å²) in [6.07, 6.45) is -31.8. The van der Waals surface area contributed by atoms with Gasteiger partial charge in [0, 0.05) is 24.2 Å². The van der Waals surface area contributed by atoms with Crippen LogP contribution < -0.4 is 0 Å². The van der Waals surface area contributed by atoms with Gasteiger partial charge in [0.1, 0.15) is 104 Å². The van der Waals surface area contributed by atoms with Crippen LogP contribution in [0.5, 0.6) is 0 Å². The zero-order valence-corrected chi connectivity index (χ0v) is 49.2. The number of rotatable bonds is 13. The maximum Gasteiger partial charge on any atom is 0.187 e. The smallest absolute Gasteiger partial charge is 0.187 e. The van der Waals surface area contributed by atoms with Crippen molar-refractivity contribution < 1.29 is 128 Å². The lowest BCUT2D eigenvalue weighted by Gasteiger charge is -2.70. The van der Waals surface area contributed by atoms with Crippen LogP contribution in [0.25, 0.3) is 0 Å². The number of aliphatic hydroxyl groups is 14. The molecule has 4 aliphatic carbocycles. The number of hydrogen-bond acceptors (Lipinski definition) is 26. The molecule has 26 nitrogen and oxygen atoms in total. The lowest BCUT2D eigenvalue weighted by Crippen LogP contribution is -2.68. The normalized spacial score (nSPS) is 57.1. The van der Waals surface area contributed by atoms with Gasteiger partial charge >= 0.3 is 0 Å². The Hall–Kier alpha value is -1.30. The van der Waals surface area contributed by atoms with E-state index in [1.165, 1.54) is 6.92 Å². The van der Waals surface area contributed by atoms with Gasteiger partial charge in [-0.25, -0.2) is 0 Å². The Bertz CT molecular complexity index is 2330. The predicted octanol–water partition coefficient (Wildman–Crippen LogP) is -2.72. The molecule has 4 saturated carbocycles. The van der Waals surface area contributed by atoms with E-state index >= 15 is 0 Å². The van der Waals surface area contributed by atoms with Crippen LogP contribution in [0.3, 0.4) is 0 Å². The van der Waals surface area contributed by atoms with E-state index in [-0.39, 0.29) is 46.0 Å². The molecule has 34 atom stereocenters. The number of aliphatic hydroxyl groups excluding tert-OH is 13. The summed E-state index contributed by atoms with van der Waals surface area (Å²) in [6, 6.07) is 0. The zero-order chi connectivity index (χ0) is 60.7. The van der Waals surface area contributed by atoms with Gasteiger partial charge in [0.05, 0.1) is 56.9 Å². The number of allylic oxidation sites excluding steroid dienone is 1. The van der Waals surface area contributed by atoms with Gasteiger partial charge in [0.15, 0.2) is 37.2 Å². The molecular formula is C58H94O26. The molecule has 11 rings (SSSR count). The minimum Gasteiger partial charge on any atom is -0.394 e. The largest absolute Gasteiger partial charge is 0.394 e. The lowest BCUT2D eigenvalue weighted by molar-refractivity contribution is -0.401. The standard InChI is InChI=1S/C58H94O26/c1-23(2)15-25-16-56(8,72)47-26-9-10-32-54(6)13-12-33(53(4,5)31(54)11-14-55(32,7)57(26)21-58(47,84-25)76-22-57)80-51-46(83-50-43(71)38(66)34(62)24(3)77-50)44(28(61)19-74-51)81-52-45(82-49-41(69)35(63)27(60)18-73-49)40(68)37(65)30(79-52)20-75-48-42(70)39(67)36(64)29(17-59)78-48/h15,24-52,59-72H,9-14,16-22H2,1-8H3/t24?,25?,26?,27?,28?,29?,30?,31?,32?,33?,34?,35?,36?,37?,38?,39?,40?,41?,42?,43?,44?,45?,46?,47?,48?,49?,50?,51?,52?,54-,55+,56-,57-,58+/m0/s1. The molecule has 0 aromatic rings. The van der Waals surface area contributed by atoms with Crippen molar-refractivity contribution in [1.29, 1.82) is 0 Å². The van der Waals surface area contributed by atoms with Gasteiger partial charge in [-0.1, -0.05) is 39.3 Å². The van der Waals surface area contributed by atoms with E-state index in [9.17, 15) is 71.5 Å². The van der Waals surface area contributed by atoms with Crippen LogP contribution >= 0.6 is 0 Å². The van der Waals surface area contributed by atoms with Crippen molar-refractivity contribution >= 4 is 0 Å². The van der Waals surface area contributed by atoms with Crippen molar-refractivity contribution in [3.8, 4) is 0 Å². The summed E-state index contributed by atoms with van der Waals surface area (Å²) in [5.74, 6) is -0.440. The highest BCUT2D eigenvalue weighted by atomic mass is 16.8. The Morgan fingerprint density at radius 1 is 0.583 bits per heavy atom. The third-order valence-electron chi connectivity index (χ3n) is 22.5. The van der Waals surface area contributed by atoms with Gasteiger partial charge < -0.3 is 128 Å². The first-order valence-electron chi connectivity index (χ1n) is 30.3. The van der Waals surface area contributed by atoms with Crippen LogP contribution in [0.1, 0.15) is 107 Å². The van der Waals surface area contributed by atoms with E-state index in [2.05, 4.69) is 33.8 Å². The Morgan fingerprint density at radius 3 is 1.93 bits per heavy atom. The van der Waals surface area contributed by atoms with Gasteiger partial charge in [-0.05, 0) is 100 Å². The molecule has 0 amide bonds. The second-order valence-electron chi connectivity index (χ2n) is 28.2. The van der Waals surface area contributed by atoms with E-state index < -0.39 is 191 Å². The SMILES string of the molecule is CC(C)=CC1C[C@](C)(O)C2C3CCC4[C@@]5(C)CCC(OC6OCC(O)C(OC7OC(COC8OC(CO)C(O)C(O)C8O)C(O)C(O)C7OC7OCC(O)C(O)C7O)C6OC6OC(C)C(O)C(O)C6O)C(C)(C)C5CC[C@@]4(C)[C@@]34CO[C@]2(C4)O1. The maximum atomic E-state index is 12.3. The van der Waals surface area contributed by atoms with E-state index in [1.807, 2.05) is 20.8 Å². The molecule has 0 radical (unpaired) electrons. The van der Waals surface area contributed by atoms with Gasteiger partial charge in [-0.3, -0.25) is 0 Å². The van der Waals surface area contributed by atoms with Crippen molar-refractivity contribution in [1.82, 2.24) is 0 Å². The van der Waals surface area contributed by atoms with Crippen LogP contribution in [0, 0.1) is 45.3 Å². The molecule has 7 saturated heterocycles. The van der Waals surface area contributed by atoms with Crippen LogP contribution in [-0.2, 0) is 56.8 Å². The fraction of sp³-hybridized carbons (Fsp3) is 0.966. The molecule has 84 heavy (non-hydrogen) atoms. The minimum absolute atomic E-state index is 0.110. The van der Waals surface area contributed by atoms with Gasteiger partial charge in [-0.15, -0.1) is 0 Å². The monoisotopic (exact) mass is 1210 g/mol. The highest BCUT2D eigenvalue weighted by Gasteiger charge is 2.81. The third kappa shape index (κ3) is 10.5. The van der Waals surface area contributed by atoms with Crippen LogP contribution in [0.4, 0.5) is 0 Å². The Morgan fingerprint density at radius 2 is 1.21 bits per heavy atom. The average molecular weight is 1210 g/mol. The van der Waals surface area contributed by atoms with Gasteiger partial charge in [0.2, 0.25) is 0 Å². The van der Waals surface area contributed by atoms with E-state index in [4.69, 9.17) is 56.8 Å². The highest BCUT2D eigenvalue weighted by Crippen LogP contribution is 2.80. The number of ether oxygens (including phenoxy) is 12. The second kappa shape index (κ2) is 23.4. The molecule has 2 bridgehead atoms. The minimum atomic E-state index is -2.04. The Balaban J connectivity index is 0.870. The summed E-state index contributed by atoms with van der Waals surface area (Å²) in [4.78, 5) is 0. The Labute approximate surface area is 488 Å². The number of fused-ring (bicyclic) bond motifs is 4. The lowest BCUT2D eigenvalue weighted by atomic mass is 9.35. The first-order chi connectivity index (χ1) is 39.4. The molecule has 7 heterocycles. The fourth-order valence-corrected chi connectivity index (χ4v) is 18.3. The van der Waals surface area contributed by atoms with Crippen molar-refractivity contribution in [2.45, 2.75) is 272 Å². The quantitative estimate of drug-likeness (QED) is 0.0658. The number of hydrogen-bond donors (Lipinski definition) is 14. The predicted molar refractivity (Wildman–Crippen MR) is 283 cm³/mol. The topological polar surface area (TPSA) is 394 Å². The maximum absolute atomic E-state index is 12.3. The summed E-state index contributed by atoms with van der Waals surface area (Å²) < 4.78 is 75.5. The zero-order valence-electron chi connectivity index (χ0n) is 49.2. The molecule has 26 heteroatoms. The van der Waals surface area contributed by atoms with Gasteiger partial charge in [-0.2, -0.15) is 0 Å². The molecule has 2 spiro atoms. The molecule has 29 unspecified atom stereocenters. The van der Waals surface area contributed by atoms with Crippen LogP contribution in [-0.4, -0.2) is 269 Å². The van der Waals surface area contributed by atoms with Crippen molar-refractivity contribution in [2.24, 2.45) is 45.3 Å². The summed E-state index contributed by atoms with van der Waals surface area (Å²) in [5.41, 5.74) is -0.980. The first kappa shape index (κ1) is 64.2. The highest BCUT2D eigenvalue weighted by molar-refractivity contribution is 5.27. The van der Waals surface area contributed by atoms with E-state index in [1.54, 1.807) is 0 Å². The summed E-state index contributed by atoms with van der Waals surface area (Å²) in [7, 11) is 0. The van der Waals surface area contributed by atoms with Gasteiger partial charge in [0.25, 0.3) is 0 Å². The molecular weight excluding hydrogens is 1110 g/mol. The Kier molecular flexibility index (Phi) is 17.9. The first-order valence-corrected chi connectivity index (χ1v) is 30.3. The molecule has 14 N–H and O–H groups in total. The average Bonchev–Trinajstić information content (AvgIpc) is 1.44. The van der Waals surface area contributed by atoms with Crippen molar-refractivity contribution in [2.75, 3.05) is 33.0 Å². The van der Waals surface area contributed by atoms with Crippen molar-refractivity contribution in [3.05, 3.63) is 11.6 Å². The molecule has 11 aliphatic rings. The molecule has 11 fully saturated rings. The third-order valence-corrected chi connectivity index (χ3v) is 22.5. The molecule has 482 valence electrons. The summed E-state index contributed by atoms with van der Waals surface area (Å²) in [5, 5.41) is 154. The molecule has 0 aromatic carbocycles. The van der Waals surface area contributed by atoms with E-state index in [0.29, 0.717) is 19.4 Å².